The van der Waals surface area contributed by atoms with E-state index in [-0.39, 0.29) is 12.3 Å². The minimum absolute atomic E-state index is 0.0124. The van der Waals surface area contributed by atoms with E-state index in [2.05, 4.69) is 0 Å². The number of primary amides is 1. The number of hydrogen-bond donors (Lipinski definition) is 2. The number of nitrogens with zero attached hydrogens (tertiary/aromatic N) is 1. The van der Waals surface area contributed by atoms with Crippen LogP contribution in [0.15, 0.2) is 11.6 Å². The molecule has 1 unspecified atom stereocenters. The van der Waals surface area contributed by atoms with Crippen molar-refractivity contribution in [2.24, 2.45) is 5.73 Å². The molecule has 0 aromatic heterocycles. The van der Waals surface area contributed by atoms with Crippen LogP contribution in [0.1, 0.15) is 12.8 Å². The van der Waals surface area contributed by atoms with Crippen LogP contribution in [0.5, 0.6) is 0 Å². The molecule has 78 valence electrons. The number of aliphatic hydroxyl groups is 1. The van der Waals surface area contributed by atoms with Gasteiger partial charge in [-0.2, -0.15) is 0 Å². The van der Waals surface area contributed by atoms with E-state index in [1.807, 2.05) is 0 Å². The van der Waals surface area contributed by atoms with Gasteiger partial charge in [0, 0.05) is 25.6 Å². The molecule has 0 spiro atoms. The Balaban J connectivity index is 2.64. The van der Waals surface area contributed by atoms with E-state index >= 15 is 0 Å². The molecule has 0 aromatic carbocycles. The number of aliphatic hydroxyl groups excluding tert-OH is 1. The van der Waals surface area contributed by atoms with Crippen molar-refractivity contribution in [3.05, 3.63) is 11.6 Å². The quantitative estimate of drug-likeness (QED) is 0.610. The Morgan fingerprint density at radius 1 is 1.79 bits per heavy atom. The summed E-state index contributed by atoms with van der Waals surface area (Å²) in [7, 11) is 1.69. The zero-order valence-corrected chi connectivity index (χ0v) is 8.06. The van der Waals surface area contributed by atoms with Crippen molar-refractivity contribution in [1.29, 1.82) is 0 Å². The molecule has 0 saturated heterocycles. The van der Waals surface area contributed by atoms with Gasteiger partial charge in [0.1, 0.15) is 6.10 Å². The Morgan fingerprint density at radius 2 is 2.43 bits per heavy atom. The van der Waals surface area contributed by atoms with Gasteiger partial charge in [-0.1, -0.05) is 6.08 Å². The third-order valence-electron chi connectivity index (χ3n) is 2.22. The Labute approximate surface area is 82.2 Å². The summed E-state index contributed by atoms with van der Waals surface area (Å²) in [6.45, 7) is 0.676. The highest BCUT2D eigenvalue weighted by atomic mass is 16.3. The predicted octanol–water partition coefficient (Wildman–Crippen LogP) is -0.989. The third-order valence-corrected chi connectivity index (χ3v) is 2.22. The lowest BCUT2D eigenvalue weighted by Gasteiger charge is -2.23. The average Bonchev–Trinajstić information content (AvgIpc) is 2.12. The minimum Gasteiger partial charge on any atom is -0.383 e. The first kappa shape index (κ1) is 10.7. The van der Waals surface area contributed by atoms with Crippen molar-refractivity contribution >= 4 is 11.8 Å². The Morgan fingerprint density at radius 3 is 3.00 bits per heavy atom. The topological polar surface area (TPSA) is 83.6 Å². The first-order valence-electron chi connectivity index (χ1n) is 4.44. The van der Waals surface area contributed by atoms with Crippen molar-refractivity contribution in [1.82, 2.24) is 4.90 Å². The zero-order chi connectivity index (χ0) is 10.7. The van der Waals surface area contributed by atoms with Gasteiger partial charge < -0.3 is 15.7 Å². The van der Waals surface area contributed by atoms with Gasteiger partial charge in [-0.25, -0.2) is 0 Å². The Hall–Kier alpha value is -1.36. The number of carbonyl (C=O) groups excluding carboxylic acids is 2. The minimum atomic E-state index is -1.27. The van der Waals surface area contributed by atoms with E-state index in [0.717, 1.165) is 6.42 Å². The van der Waals surface area contributed by atoms with E-state index in [1.54, 1.807) is 18.0 Å². The van der Waals surface area contributed by atoms with Crippen molar-refractivity contribution in [2.45, 2.75) is 18.9 Å². The molecule has 1 aliphatic rings. The summed E-state index contributed by atoms with van der Waals surface area (Å²) in [6.07, 6.45) is 1.24. The fraction of sp³-hybridized carbons (Fsp3) is 0.556. The summed E-state index contributed by atoms with van der Waals surface area (Å²) in [5, 5.41) is 9.20. The second-order valence-corrected chi connectivity index (χ2v) is 3.37. The lowest BCUT2D eigenvalue weighted by Crippen LogP contribution is -2.36. The fourth-order valence-corrected chi connectivity index (χ4v) is 1.35. The second kappa shape index (κ2) is 4.23. The molecule has 0 fully saturated rings. The lowest BCUT2D eigenvalue weighted by molar-refractivity contribution is -0.128. The smallest absolute Gasteiger partial charge is 0.249 e. The second-order valence-electron chi connectivity index (χ2n) is 3.37. The van der Waals surface area contributed by atoms with Crippen molar-refractivity contribution in [3.63, 3.8) is 0 Å². The van der Waals surface area contributed by atoms with E-state index in [4.69, 9.17) is 5.73 Å². The lowest BCUT2D eigenvalue weighted by atomic mass is 10.0. The normalized spacial score (nSPS) is 19.1. The number of likely N-dealkylation sites (N-methyl/N-ethyl adjacent to an activating group) is 1. The first-order valence-corrected chi connectivity index (χ1v) is 4.44. The van der Waals surface area contributed by atoms with Crippen molar-refractivity contribution < 1.29 is 14.7 Å². The van der Waals surface area contributed by atoms with Crippen LogP contribution < -0.4 is 5.73 Å². The van der Waals surface area contributed by atoms with Gasteiger partial charge in [-0.15, -0.1) is 0 Å². The Bertz CT molecular complexity index is 286. The SMILES string of the molecule is CN1CCC=C(CC(O)C(N)=O)C1=O. The van der Waals surface area contributed by atoms with Crippen molar-refractivity contribution in [2.75, 3.05) is 13.6 Å². The monoisotopic (exact) mass is 198 g/mol. The van der Waals surface area contributed by atoms with Crippen LogP contribution in [0.3, 0.4) is 0 Å². The molecular formula is C9H14N2O3. The molecule has 0 radical (unpaired) electrons. The van der Waals surface area contributed by atoms with Gasteiger partial charge in [0.25, 0.3) is 0 Å². The van der Waals surface area contributed by atoms with E-state index in [9.17, 15) is 14.7 Å². The fourth-order valence-electron chi connectivity index (χ4n) is 1.35. The molecule has 0 saturated carbocycles. The van der Waals surface area contributed by atoms with Gasteiger partial charge in [0.15, 0.2) is 0 Å². The maximum absolute atomic E-state index is 11.5. The van der Waals surface area contributed by atoms with Crippen LogP contribution in [0.2, 0.25) is 0 Å². The highest BCUT2D eigenvalue weighted by molar-refractivity contribution is 5.95. The number of amides is 2. The molecule has 0 aromatic rings. The van der Waals surface area contributed by atoms with Crippen LogP contribution in [-0.2, 0) is 9.59 Å². The molecule has 3 N–H and O–H groups in total. The molecule has 1 aliphatic heterocycles. The van der Waals surface area contributed by atoms with Crippen LogP contribution in [0, 0.1) is 0 Å². The molecule has 1 rings (SSSR count). The molecule has 1 atom stereocenters. The number of nitrogens with two attached hydrogens (primary N) is 1. The maximum Gasteiger partial charge on any atom is 0.249 e. The van der Waals surface area contributed by atoms with Gasteiger partial charge in [0.05, 0.1) is 0 Å². The van der Waals surface area contributed by atoms with Crippen LogP contribution in [0.4, 0.5) is 0 Å². The third kappa shape index (κ3) is 2.32. The van der Waals surface area contributed by atoms with Crippen molar-refractivity contribution in [3.8, 4) is 0 Å². The largest absolute Gasteiger partial charge is 0.383 e. The summed E-state index contributed by atoms with van der Waals surface area (Å²) in [5.74, 6) is -0.941. The van der Waals surface area contributed by atoms with Gasteiger partial charge in [-0.05, 0) is 6.42 Å². The Kier molecular flexibility index (Phi) is 3.24. The summed E-state index contributed by atoms with van der Waals surface area (Å²) in [5.41, 5.74) is 5.36. The molecule has 5 heteroatoms. The van der Waals surface area contributed by atoms with Gasteiger partial charge >= 0.3 is 0 Å². The summed E-state index contributed by atoms with van der Waals surface area (Å²) in [4.78, 5) is 23.6. The molecule has 5 nitrogen and oxygen atoms in total. The van der Waals surface area contributed by atoms with Gasteiger partial charge in [0.2, 0.25) is 11.8 Å². The number of rotatable bonds is 3. The van der Waals surface area contributed by atoms with Crippen LogP contribution in [0.25, 0.3) is 0 Å². The predicted molar refractivity (Wildman–Crippen MR) is 50.2 cm³/mol. The maximum atomic E-state index is 11.5. The molecule has 2 amide bonds. The highest BCUT2D eigenvalue weighted by Gasteiger charge is 2.22. The van der Waals surface area contributed by atoms with E-state index in [0.29, 0.717) is 12.1 Å². The summed E-state index contributed by atoms with van der Waals surface area (Å²) in [6, 6.07) is 0. The van der Waals surface area contributed by atoms with E-state index in [1.165, 1.54) is 0 Å². The molecule has 14 heavy (non-hydrogen) atoms. The summed E-state index contributed by atoms with van der Waals surface area (Å²) >= 11 is 0. The van der Waals surface area contributed by atoms with Crippen LogP contribution in [-0.4, -0.2) is 41.5 Å². The number of hydrogen-bond acceptors (Lipinski definition) is 3. The number of carbonyl (C=O) groups is 2. The van der Waals surface area contributed by atoms with Gasteiger partial charge in [-0.3, -0.25) is 9.59 Å². The molecule has 1 heterocycles. The zero-order valence-electron chi connectivity index (χ0n) is 8.06. The molecule has 0 bridgehead atoms. The molecular weight excluding hydrogens is 184 g/mol. The average molecular weight is 198 g/mol. The van der Waals surface area contributed by atoms with Crippen LogP contribution >= 0.6 is 0 Å². The molecule has 0 aliphatic carbocycles. The van der Waals surface area contributed by atoms with E-state index < -0.39 is 12.0 Å². The highest BCUT2D eigenvalue weighted by Crippen LogP contribution is 2.14. The first-order chi connectivity index (χ1) is 6.52. The summed E-state index contributed by atoms with van der Waals surface area (Å²) < 4.78 is 0. The standard InChI is InChI=1S/C9H14N2O3/c1-11-4-2-3-6(9(11)14)5-7(12)8(10)13/h3,7,12H,2,4-5H2,1H3,(H2,10,13).